The van der Waals surface area contributed by atoms with Crippen molar-refractivity contribution in [1.82, 2.24) is 5.32 Å². The van der Waals surface area contributed by atoms with Crippen LogP contribution < -0.4 is 10.2 Å². The van der Waals surface area contributed by atoms with Gasteiger partial charge in [-0.1, -0.05) is 32.0 Å². The zero-order chi connectivity index (χ0) is 12.3. The molecule has 0 radical (unpaired) electrons. The van der Waals surface area contributed by atoms with Gasteiger partial charge in [0.2, 0.25) is 0 Å². The summed E-state index contributed by atoms with van der Waals surface area (Å²) in [6.45, 7) is 6.86. The minimum absolute atomic E-state index is 0.313. The Kier molecular flexibility index (Phi) is 3.72. The Morgan fingerprint density at radius 2 is 1.88 bits per heavy atom. The summed E-state index contributed by atoms with van der Waals surface area (Å²) >= 11 is 0. The van der Waals surface area contributed by atoms with E-state index in [-0.39, 0.29) is 0 Å². The van der Waals surface area contributed by atoms with Crippen molar-refractivity contribution in [3.63, 3.8) is 0 Å². The fraction of sp³-hybridized carbons (Fsp3) is 0.600. The van der Waals surface area contributed by atoms with E-state index in [0.717, 1.165) is 19.1 Å². The van der Waals surface area contributed by atoms with Crippen molar-refractivity contribution in [2.75, 3.05) is 25.0 Å². The van der Waals surface area contributed by atoms with Gasteiger partial charge in [0.1, 0.15) is 0 Å². The monoisotopic (exact) mass is 232 g/mol. The lowest BCUT2D eigenvalue weighted by Crippen LogP contribution is -2.39. The molecule has 0 spiro atoms. The summed E-state index contributed by atoms with van der Waals surface area (Å²) in [5, 5.41) is 3.63. The average molecular weight is 232 g/mol. The topological polar surface area (TPSA) is 15.3 Å². The number of nitrogens with zero attached hydrogens (tertiary/aromatic N) is 1. The highest BCUT2D eigenvalue weighted by Gasteiger charge is 2.26. The maximum atomic E-state index is 3.63. The standard InChI is InChI=1S/C15H24N2/c1-15(2,11-16-13-9-10-13)12-17(3)14-7-5-4-6-8-14/h4-8,13,16H,9-12H2,1-3H3. The molecule has 17 heavy (non-hydrogen) atoms. The highest BCUT2D eigenvalue weighted by atomic mass is 15.1. The summed E-state index contributed by atoms with van der Waals surface area (Å²) in [6.07, 6.45) is 2.73. The van der Waals surface area contributed by atoms with E-state index in [4.69, 9.17) is 0 Å². The first-order valence-corrected chi connectivity index (χ1v) is 6.56. The summed E-state index contributed by atoms with van der Waals surface area (Å²) in [6, 6.07) is 11.4. The molecule has 1 aromatic rings. The molecule has 0 bridgehead atoms. The molecule has 0 amide bonds. The van der Waals surface area contributed by atoms with Crippen molar-refractivity contribution < 1.29 is 0 Å². The molecule has 1 aliphatic rings. The van der Waals surface area contributed by atoms with Gasteiger partial charge in [0.15, 0.2) is 0 Å². The van der Waals surface area contributed by atoms with Crippen LogP contribution in [-0.4, -0.2) is 26.2 Å². The van der Waals surface area contributed by atoms with Crippen molar-refractivity contribution in [1.29, 1.82) is 0 Å². The maximum Gasteiger partial charge on any atom is 0.0363 e. The minimum atomic E-state index is 0.313. The van der Waals surface area contributed by atoms with Crippen LogP contribution in [-0.2, 0) is 0 Å². The van der Waals surface area contributed by atoms with Gasteiger partial charge in [0.05, 0.1) is 0 Å². The van der Waals surface area contributed by atoms with Gasteiger partial charge in [-0.25, -0.2) is 0 Å². The molecule has 1 saturated carbocycles. The number of hydrogen-bond acceptors (Lipinski definition) is 2. The first-order chi connectivity index (χ1) is 8.07. The van der Waals surface area contributed by atoms with Crippen LogP contribution in [0, 0.1) is 5.41 Å². The molecule has 0 aromatic heterocycles. The Bertz CT molecular complexity index is 341. The van der Waals surface area contributed by atoms with Gasteiger partial charge in [-0.05, 0) is 30.4 Å². The van der Waals surface area contributed by atoms with Gasteiger partial charge < -0.3 is 10.2 Å². The van der Waals surface area contributed by atoms with E-state index in [0.29, 0.717) is 5.41 Å². The normalized spacial score (nSPS) is 15.9. The van der Waals surface area contributed by atoms with Crippen molar-refractivity contribution in [2.24, 2.45) is 5.41 Å². The number of rotatable bonds is 6. The zero-order valence-electron chi connectivity index (χ0n) is 11.2. The van der Waals surface area contributed by atoms with E-state index in [1.165, 1.54) is 18.5 Å². The number of hydrogen-bond donors (Lipinski definition) is 1. The predicted octanol–water partition coefficient (Wildman–Crippen LogP) is 2.90. The third-order valence-electron chi connectivity index (χ3n) is 3.31. The van der Waals surface area contributed by atoms with Crippen LogP contribution in [0.15, 0.2) is 30.3 Å². The SMILES string of the molecule is CN(CC(C)(C)CNC1CC1)c1ccccc1. The largest absolute Gasteiger partial charge is 0.374 e. The number of nitrogens with one attached hydrogen (secondary N) is 1. The highest BCUT2D eigenvalue weighted by molar-refractivity contribution is 5.45. The Balaban J connectivity index is 1.85. The Labute approximate surface area is 105 Å². The lowest BCUT2D eigenvalue weighted by atomic mass is 9.92. The van der Waals surface area contributed by atoms with Crippen molar-refractivity contribution in [2.45, 2.75) is 32.7 Å². The second-order valence-corrected chi connectivity index (χ2v) is 6.01. The van der Waals surface area contributed by atoms with Crippen LogP contribution in [0.5, 0.6) is 0 Å². The van der Waals surface area contributed by atoms with Gasteiger partial charge in [0.25, 0.3) is 0 Å². The summed E-state index contributed by atoms with van der Waals surface area (Å²) in [5.41, 5.74) is 1.61. The Morgan fingerprint density at radius 3 is 2.47 bits per heavy atom. The van der Waals surface area contributed by atoms with Crippen LogP contribution in [0.25, 0.3) is 0 Å². The average Bonchev–Trinajstić information content (AvgIpc) is 3.11. The molecule has 94 valence electrons. The number of benzene rings is 1. The van der Waals surface area contributed by atoms with E-state index in [1.54, 1.807) is 0 Å². The second-order valence-electron chi connectivity index (χ2n) is 6.01. The van der Waals surface area contributed by atoms with Gasteiger partial charge in [-0.15, -0.1) is 0 Å². The lowest BCUT2D eigenvalue weighted by molar-refractivity contribution is 0.345. The fourth-order valence-electron chi connectivity index (χ4n) is 2.18. The smallest absolute Gasteiger partial charge is 0.0363 e. The summed E-state index contributed by atoms with van der Waals surface area (Å²) in [5.74, 6) is 0. The summed E-state index contributed by atoms with van der Waals surface area (Å²) in [7, 11) is 2.17. The van der Waals surface area contributed by atoms with Gasteiger partial charge in [-0.2, -0.15) is 0 Å². The first-order valence-electron chi connectivity index (χ1n) is 6.56. The minimum Gasteiger partial charge on any atom is -0.374 e. The van der Waals surface area contributed by atoms with Crippen molar-refractivity contribution in [3.05, 3.63) is 30.3 Å². The van der Waals surface area contributed by atoms with Gasteiger partial charge in [-0.3, -0.25) is 0 Å². The molecule has 0 atom stereocenters. The quantitative estimate of drug-likeness (QED) is 0.811. The Morgan fingerprint density at radius 1 is 1.24 bits per heavy atom. The van der Waals surface area contributed by atoms with Crippen LogP contribution in [0.1, 0.15) is 26.7 Å². The summed E-state index contributed by atoms with van der Waals surface area (Å²) in [4.78, 5) is 2.34. The predicted molar refractivity (Wildman–Crippen MR) is 74.5 cm³/mol. The number of para-hydroxylation sites is 1. The van der Waals surface area contributed by atoms with E-state index in [9.17, 15) is 0 Å². The summed E-state index contributed by atoms with van der Waals surface area (Å²) < 4.78 is 0. The van der Waals surface area contributed by atoms with Crippen LogP contribution in [0.4, 0.5) is 5.69 Å². The van der Waals surface area contributed by atoms with Crippen LogP contribution in [0.3, 0.4) is 0 Å². The third kappa shape index (κ3) is 4.04. The van der Waals surface area contributed by atoms with Crippen LogP contribution >= 0.6 is 0 Å². The maximum absolute atomic E-state index is 3.63. The van der Waals surface area contributed by atoms with Gasteiger partial charge >= 0.3 is 0 Å². The van der Waals surface area contributed by atoms with Crippen molar-refractivity contribution in [3.8, 4) is 0 Å². The highest BCUT2D eigenvalue weighted by Crippen LogP contribution is 2.23. The molecule has 2 nitrogen and oxygen atoms in total. The Hall–Kier alpha value is -1.02. The molecular formula is C15H24N2. The van der Waals surface area contributed by atoms with E-state index >= 15 is 0 Å². The molecular weight excluding hydrogens is 208 g/mol. The lowest BCUT2D eigenvalue weighted by Gasteiger charge is -2.32. The van der Waals surface area contributed by atoms with Crippen LogP contribution in [0.2, 0.25) is 0 Å². The molecule has 2 heteroatoms. The molecule has 0 aliphatic heterocycles. The number of anilines is 1. The molecule has 1 fully saturated rings. The third-order valence-corrected chi connectivity index (χ3v) is 3.31. The molecule has 2 rings (SSSR count). The van der Waals surface area contributed by atoms with Crippen molar-refractivity contribution >= 4 is 5.69 Å². The zero-order valence-corrected chi connectivity index (χ0v) is 11.2. The molecule has 1 aromatic carbocycles. The molecule has 1 N–H and O–H groups in total. The van der Waals surface area contributed by atoms with E-state index < -0.39 is 0 Å². The molecule has 0 heterocycles. The van der Waals surface area contributed by atoms with E-state index in [1.807, 2.05) is 0 Å². The van der Waals surface area contributed by atoms with Gasteiger partial charge in [0, 0.05) is 31.9 Å². The van der Waals surface area contributed by atoms with E-state index in [2.05, 4.69) is 61.4 Å². The molecule has 1 aliphatic carbocycles. The first kappa shape index (κ1) is 12.4. The molecule has 0 unspecified atom stereocenters. The fourth-order valence-corrected chi connectivity index (χ4v) is 2.18. The second kappa shape index (κ2) is 5.09. The molecule has 0 saturated heterocycles.